The van der Waals surface area contributed by atoms with E-state index in [0.717, 1.165) is 103 Å². The Morgan fingerprint density at radius 1 is 0.314 bits per heavy atom. The Kier molecular flexibility index (Phi) is 59.2. The molecular formula is C67H130O17P2. The number of carbonyl (C=O) groups excluding carboxylic acids is 4. The molecule has 0 aliphatic carbocycles. The molecule has 19 heteroatoms. The number of rotatable bonds is 67. The van der Waals surface area contributed by atoms with Gasteiger partial charge >= 0.3 is 39.5 Å². The molecule has 0 aliphatic heterocycles. The molecule has 0 saturated heterocycles. The average Bonchev–Trinajstić information content (AvgIpc) is 3.70. The maximum atomic E-state index is 13.0. The van der Waals surface area contributed by atoms with E-state index in [0.29, 0.717) is 31.6 Å². The van der Waals surface area contributed by atoms with Crippen molar-refractivity contribution in [3.8, 4) is 0 Å². The van der Waals surface area contributed by atoms with Crippen LogP contribution in [0.15, 0.2) is 0 Å². The molecule has 0 aliphatic rings. The first kappa shape index (κ1) is 84.1. The quantitative estimate of drug-likeness (QED) is 0.0222. The number of carbonyl (C=O) groups is 4. The third kappa shape index (κ3) is 60.9. The fourth-order valence-electron chi connectivity index (χ4n) is 10.1. The van der Waals surface area contributed by atoms with Gasteiger partial charge in [-0.15, -0.1) is 0 Å². The topological polar surface area (TPSA) is 237 Å². The second-order valence-corrected chi connectivity index (χ2v) is 27.6. The Labute approximate surface area is 524 Å². The molecule has 0 fully saturated rings. The van der Waals surface area contributed by atoms with Crippen molar-refractivity contribution in [2.75, 3.05) is 39.6 Å². The minimum atomic E-state index is -4.95. The smallest absolute Gasteiger partial charge is 0.462 e. The van der Waals surface area contributed by atoms with Crippen LogP contribution in [0.4, 0.5) is 0 Å². The van der Waals surface area contributed by atoms with Gasteiger partial charge < -0.3 is 33.8 Å². The van der Waals surface area contributed by atoms with Gasteiger partial charge in [-0.05, 0) is 31.6 Å². The Bertz CT molecular complexity index is 1670. The number of esters is 4. The van der Waals surface area contributed by atoms with E-state index in [4.69, 9.17) is 37.0 Å². The lowest BCUT2D eigenvalue weighted by atomic mass is 10.0. The summed E-state index contributed by atoms with van der Waals surface area (Å²) in [5.41, 5.74) is 0. The van der Waals surface area contributed by atoms with E-state index in [1.54, 1.807) is 0 Å². The number of ether oxygens (including phenoxy) is 4. The molecule has 0 rings (SSSR count). The Morgan fingerprint density at radius 2 is 0.535 bits per heavy atom. The highest BCUT2D eigenvalue weighted by Crippen LogP contribution is 2.45. The molecule has 0 radical (unpaired) electrons. The average molecular weight is 1270 g/mol. The molecule has 0 spiro atoms. The van der Waals surface area contributed by atoms with Gasteiger partial charge in [-0.2, -0.15) is 0 Å². The summed E-state index contributed by atoms with van der Waals surface area (Å²) in [6.45, 7) is 7.13. The minimum absolute atomic E-state index is 0.106. The van der Waals surface area contributed by atoms with E-state index in [1.165, 1.54) is 154 Å². The highest BCUT2D eigenvalue weighted by molar-refractivity contribution is 7.47. The second kappa shape index (κ2) is 60.6. The molecule has 0 aromatic heterocycles. The molecule has 0 aromatic rings. The van der Waals surface area contributed by atoms with E-state index < -0.39 is 97.5 Å². The number of hydrogen-bond acceptors (Lipinski definition) is 15. The number of hydrogen-bond donors (Lipinski definition) is 3. The first-order valence-corrected chi connectivity index (χ1v) is 38.1. The zero-order chi connectivity index (χ0) is 63.5. The molecule has 86 heavy (non-hydrogen) atoms. The van der Waals surface area contributed by atoms with Crippen LogP contribution in [0.25, 0.3) is 0 Å². The summed E-state index contributed by atoms with van der Waals surface area (Å²) >= 11 is 0. The van der Waals surface area contributed by atoms with Crippen LogP contribution in [-0.4, -0.2) is 96.7 Å². The van der Waals surface area contributed by atoms with Crippen molar-refractivity contribution in [1.82, 2.24) is 0 Å². The first-order valence-electron chi connectivity index (χ1n) is 35.1. The van der Waals surface area contributed by atoms with Crippen molar-refractivity contribution in [1.29, 1.82) is 0 Å². The molecule has 510 valence electrons. The van der Waals surface area contributed by atoms with Crippen LogP contribution in [-0.2, 0) is 65.4 Å². The van der Waals surface area contributed by atoms with Crippen molar-refractivity contribution >= 4 is 39.5 Å². The van der Waals surface area contributed by atoms with Gasteiger partial charge in [-0.1, -0.05) is 291 Å². The summed E-state index contributed by atoms with van der Waals surface area (Å²) in [6.07, 6.45) is 46.0. The van der Waals surface area contributed by atoms with Crippen LogP contribution in [0.1, 0.15) is 343 Å². The van der Waals surface area contributed by atoms with Crippen molar-refractivity contribution in [2.45, 2.75) is 361 Å². The highest BCUT2D eigenvalue weighted by atomic mass is 31.2. The molecule has 0 aromatic carbocycles. The predicted molar refractivity (Wildman–Crippen MR) is 345 cm³/mol. The van der Waals surface area contributed by atoms with Crippen molar-refractivity contribution < 1.29 is 80.2 Å². The molecule has 0 heterocycles. The monoisotopic (exact) mass is 1270 g/mol. The molecular weight excluding hydrogens is 1140 g/mol. The van der Waals surface area contributed by atoms with Crippen LogP contribution in [0, 0.1) is 5.92 Å². The van der Waals surface area contributed by atoms with Gasteiger partial charge in [-0.25, -0.2) is 9.13 Å². The zero-order valence-electron chi connectivity index (χ0n) is 55.4. The molecule has 3 N–H and O–H groups in total. The number of aliphatic hydroxyl groups is 1. The van der Waals surface area contributed by atoms with Gasteiger partial charge in [0.05, 0.1) is 26.4 Å². The van der Waals surface area contributed by atoms with Gasteiger partial charge in [0.1, 0.15) is 19.3 Å². The number of phosphoric ester groups is 2. The fraction of sp³-hybridized carbons (Fsp3) is 0.940. The van der Waals surface area contributed by atoms with Crippen LogP contribution >= 0.6 is 15.6 Å². The normalized spacial score (nSPS) is 14.2. The predicted octanol–water partition coefficient (Wildman–Crippen LogP) is 19.0. The first-order chi connectivity index (χ1) is 41.5. The largest absolute Gasteiger partial charge is 0.472 e. The van der Waals surface area contributed by atoms with Crippen LogP contribution in [0.2, 0.25) is 0 Å². The summed E-state index contributed by atoms with van der Waals surface area (Å²) in [4.78, 5) is 72.2. The lowest BCUT2D eigenvalue weighted by Gasteiger charge is -2.21. The number of aliphatic hydroxyl groups excluding tert-OH is 1. The maximum absolute atomic E-state index is 13.0. The van der Waals surface area contributed by atoms with Crippen LogP contribution in [0.5, 0.6) is 0 Å². The van der Waals surface area contributed by atoms with E-state index in [2.05, 4.69) is 34.6 Å². The third-order valence-electron chi connectivity index (χ3n) is 15.5. The molecule has 0 amide bonds. The standard InChI is InChI=1S/C67H130O17P2/c1-6-9-12-15-18-21-23-24-25-26-27-28-29-30-32-37-43-48-53-67(72)84-63(57-78-65(70)51-46-41-38-33-34-39-44-49-60(4)5)59-82-86(75,76)80-55-61(68)54-79-85(73,74)81-58-62(56-77-64(69)50-45-40-35-20-17-14-11-8-3)83-66(71)52-47-42-36-31-22-19-16-13-10-7-2/h60-63,68H,6-59H2,1-5H3,(H,73,74)(H,75,76)/t61-,62+,63+/m0/s1. The maximum Gasteiger partial charge on any atom is 0.472 e. The lowest BCUT2D eigenvalue weighted by molar-refractivity contribution is -0.161. The summed E-state index contributed by atoms with van der Waals surface area (Å²) in [5, 5.41) is 10.5. The van der Waals surface area contributed by atoms with E-state index in [9.17, 15) is 43.2 Å². The molecule has 5 atom stereocenters. The SMILES string of the molecule is CCCCCCCCCCCCCCCCCCCCC(=O)O[C@H](COC(=O)CCCCCCCCCC(C)C)COP(=O)(O)OC[C@@H](O)COP(=O)(O)OC[C@@H](COC(=O)CCCCCCCCCC)OC(=O)CCCCCCCCCCCC. The Balaban J connectivity index is 5.17. The summed E-state index contributed by atoms with van der Waals surface area (Å²) in [5.74, 6) is -1.43. The van der Waals surface area contributed by atoms with E-state index in [1.807, 2.05) is 0 Å². The van der Waals surface area contributed by atoms with Gasteiger partial charge in [0.15, 0.2) is 12.2 Å². The van der Waals surface area contributed by atoms with Crippen LogP contribution < -0.4 is 0 Å². The van der Waals surface area contributed by atoms with Crippen molar-refractivity contribution in [3.63, 3.8) is 0 Å². The second-order valence-electron chi connectivity index (χ2n) is 24.7. The molecule has 2 unspecified atom stereocenters. The van der Waals surface area contributed by atoms with Gasteiger partial charge in [0.2, 0.25) is 0 Å². The minimum Gasteiger partial charge on any atom is -0.462 e. The lowest BCUT2D eigenvalue weighted by Crippen LogP contribution is -2.30. The summed E-state index contributed by atoms with van der Waals surface area (Å²) in [7, 11) is -9.89. The Hall–Kier alpha value is -1.94. The van der Waals surface area contributed by atoms with E-state index in [-0.39, 0.29) is 25.7 Å². The van der Waals surface area contributed by atoms with Crippen molar-refractivity contribution in [2.24, 2.45) is 5.92 Å². The zero-order valence-corrected chi connectivity index (χ0v) is 57.2. The summed E-state index contributed by atoms with van der Waals surface area (Å²) < 4.78 is 68.0. The van der Waals surface area contributed by atoms with Crippen LogP contribution in [0.3, 0.4) is 0 Å². The number of unbranched alkanes of at least 4 members (excludes halogenated alkanes) is 39. The van der Waals surface area contributed by atoms with E-state index >= 15 is 0 Å². The van der Waals surface area contributed by atoms with Gasteiger partial charge in [0, 0.05) is 25.7 Å². The fourth-order valence-corrected chi connectivity index (χ4v) is 11.7. The highest BCUT2D eigenvalue weighted by Gasteiger charge is 2.30. The molecule has 17 nitrogen and oxygen atoms in total. The molecule has 0 saturated carbocycles. The third-order valence-corrected chi connectivity index (χ3v) is 17.4. The van der Waals surface area contributed by atoms with Gasteiger partial charge in [0.25, 0.3) is 0 Å². The Morgan fingerprint density at radius 3 is 0.791 bits per heavy atom. The summed E-state index contributed by atoms with van der Waals surface area (Å²) in [6, 6.07) is 0. The molecule has 0 bridgehead atoms. The number of phosphoric acid groups is 2. The van der Waals surface area contributed by atoms with Crippen molar-refractivity contribution in [3.05, 3.63) is 0 Å². The van der Waals surface area contributed by atoms with Gasteiger partial charge in [-0.3, -0.25) is 37.3 Å².